The van der Waals surface area contributed by atoms with Gasteiger partial charge in [0.05, 0.1) is 44.0 Å². The molecule has 6 aromatic heterocycles. The molecule has 0 fully saturated rings. The number of benzene rings is 4. The largest absolute Gasteiger partial charge is 0.350 e. The van der Waals surface area contributed by atoms with Gasteiger partial charge in [0.1, 0.15) is 30.2 Å². The van der Waals surface area contributed by atoms with Crippen molar-refractivity contribution < 1.29 is 28.8 Å². The zero-order chi connectivity index (χ0) is 54.0. The molecule has 0 aliphatic rings. The Kier molecular flexibility index (Phi) is 15.6. The monoisotopic (exact) mass is 1050 g/mol. The number of H-pyrrole nitrogens is 6. The van der Waals surface area contributed by atoms with Gasteiger partial charge in [-0.3, -0.25) is 28.8 Å². The lowest BCUT2D eigenvalue weighted by Gasteiger charge is -2.27. The topological polar surface area (TPSA) is 373 Å². The summed E-state index contributed by atoms with van der Waals surface area (Å²) in [6.45, 7) is 0.142. The van der Waals surface area contributed by atoms with Gasteiger partial charge >= 0.3 is 0 Å². The number of nitrogens with one attached hydrogen (secondary N) is 12. The van der Waals surface area contributed by atoms with Crippen LogP contribution in [0.15, 0.2) is 130 Å². The molecule has 0 saturated carbocycles. The van der Waals surface area contributed by atoms with E-state index in [2.05, 4.69) is 122 Å². The van der Waals surface area contributed by atoms with E-state index in [1.165, 1.54) is 68.9 Å². The number of hydrogen-bond acceptors (Lipinski definition) is 13. The first-order chi connectivity index (χ1) is 38.0. The van der Waals surface area contributed by atoms with E-state index in [1.807, 2.05) is 24.3 Å². The Labute approximate surface area is 443 Å². The number of amides is 6. The van der Waals surface area contributed by atoms with Gasteiger partial charge in [-0.1, -0.05) is 48.5 Å². The van der Waals surface area contributed by atoms with Crippen LogP contribution >= 0.6 is 0 Å². The summed E-state index contributed by atoms with van der Waals surface area (Å²) in [6.07, 6.45) is 17.3. The molecule has 0 radical (unpaired) electrons. The van der Waals surface area contributed by atoms with Crippen LogP contribution in [-0.2, 0) is 73.8 Å². The summed E-state index contributed by atoms with van der Waals surface area (Å²) < 4.78 is 0. The molecule has 0 spiro atoms. The first-order valence-corrected chi connectivity index (χ1v) is 25.0. The second-order valence-corrected chi connectivity index (χ2v) is 18.9. The van der Waals surface area contributed by atoms with Crippen molar-refractivity contribution in [1.82, 2.24) is 91.7 Å². The molecule has 6 heterocycles. The van der Waals surface area contributed by atoms with Gasteiger partial charge in [0.15, 0.2) is 0 Å². The minimum atomic E-state index is -1.38. The summed E-state index contributed by atoms with van der Waals surface area (Å²) in [5.41, 5.74) is 10.2. The van der Waals surface area contributed by atoms with E-state index in [1.54, 1.807) is 6.20 Å². The number of rotatable bonds is 25. The maximum Gasteiger partial charge on any atom is 0.243 e. The van der Waals surface area contributed by atoms with E-state index >= 15 is 0 Å². The Hall–Kier alpha value is -10.0. The highest BCUT2D eigenvalue weighted by Gasteiger charge is 2.35. The molecule has 4 aromatic carbocycles. The minimum absolute atomic E-state index is 0.0193. The van der Waals surface area contributed by atoms with Crippen molar-refractivity contribution >= 4 is 67.8 Å². The van der Waals surface area contributed by atoms with Crippen LogP contribution in [0.1, 0.15) is 39.7 Å². The molecule has 6 amide bonds. The highest BCUT2D eigenvalue weighted by atomic mass is 16.2. The SMILES string of the molecule is N[C@@H](Cc1cnc[nH]1)C(=O)NC(Cc1cnc[nH]1)C(=O)N[C@@H](Cc1cnc[nH]1)C(=O)NC(Cc1cnc[nH]1)C(=O)N[C@@H](Cc1cnc[nH]1)C(=O)N[C@@H](Cc1cnc[nH]1)C(=O)NCc1cc2cccc3ccc4cccc1c4c32. The van der Waals surface area contributed by atoms with Crippen LogP contribution in [0.2, 0.25) is 0 Å². The third kappa shape index (κ3) is 12.4. The Morgan fingerprint density at radius 1 is 0.397 bits per heavy atom. The van der Waals surface area contributed by atoms with Crippen molar-refractivity contribution in [3.05, 3.63) is 169 Å². The molecule has 25 nitrogen and oxygen atoms in total. The predicted octanol–water partition coefficient (Wildman–Crippen LogP) is 0.746. The van der Waals surface area contributed by atoms with E-state index < -0.39 is 71.7 Å². The van der Waals surface area contributed by atoms with Crippen LogP contribution in [0.5, 0.6) is 0 Å². The molecular weight excluding hydrogens is 999 g/mol. The average Bonchev–Trinajstić information content (AvgIpc) is 4.44. The molecule has 6 atom stereocenters. The fourth-order valence-corrected chi connectivity index (χ4v) is 9.51. The van der Waals surface area contributed by atoms with Crippen LogP contribution in [0.3, 0.4) is 0 Å². The highest BCUT2D eigenvalue weighted by Crippen LogP contribution is 2.36. The maximum atomic E-state index is 14.7. The van der Waals surface area contributed by atoms with Crippen LogP contribution in [-0.4, -0.2) is 132 Å². The van der Waals surface area contributed by atoms with Gasteiger partial charge in [0, 0.05) is 116 Å². The highest BCUT2D eigenvalue weighted by molar-refractivity contribution is 6.23. The number of nitrogens with two attached hydrogens (primary N) is 1. The molecule has 10 rings (SSSR count). The van der Waals surface area contributed by atoms with Gasteiger partial charge in [-0.05, 0) is 43.9 Å². The maximum absolute atomic E-state index is 14.7. The van der Waals surface area contributed by atoms with Crippen molar-refractivity contribution in [3.8, 4) is 0 Å². The smallest absolute Gasteiger partial charge is 0.243 e. The Morgan fingerprint density at radius 3 is 1.12 bits per heavy atom. The van der Waals surface area contributed by atoms with Crippen LogP contribution in [0.25, 0.3) is 32.3 Å². The quantitative estimate of drug-likeness (QED) is 0.0352. The molecule has 0 bridgehead atoms. The Bertz CT molecular complexity index is 3580. The second-order valence-electron chi connectivity index (χ2n) is 18.9. The van der Waals surface area contributed by atoms with E-state index in [9.17, 15) is 28.8 Å². The molecule has 14 N–H and O–H groups in total. The predicted molar refractivity (Wildman–Crippen MR) is 283 cm³/mol. The van der Waals surface area contributed by atoms with Gasteiger partial charge in [0.2, 0.25) is 35.4 Å². The van der Waals surface area contributed by atoms with E-state index in [-0.39, 0.29) is 45.1 Å². The zero-order valence-corrected chi connectivity index (χ0v) is 41.7. The number of aromatic nitrogens is 12. The van der Waals surface area contributed by atoms with E-state index in [4.69, 9.17) is 5.73 Å². The minimum Gasteiger partial charge on any atom is -0.350 e. The normalized spacial score (nSPS) is 13.8. The molecule has 25 heteroatoms. The van der Waals surface area contributed by atoms with Gasteiger partial charge in [-0.15, -0.1) is 0 Å². The van der Waals surface area contributed by atoms with Gasteiger partial charge < -0.3 is 67.5 Å². The summed E-state index contributed by atoms with van der Waals surface area (Å²) in [6, 6.07) is 10.9. The second kappa shape index (κ2) is 23.7. The molecule has 10 aromatic rings. The number of carbonyl (C=O) groups excluding carboxylic acids is 6. The van der Waals surface area contributed by atoms with Crippen molar-refractivity contribution in [2.75, 3.05) is 0 Å². The molecular formula is C53H55N19O6. The molecule has 398 valence electrons. The zero-order valence-electron chi connectivity index (χ0n) is 41.7. The molecule has 78 heavy (non-hydrogen) atoms. The average molecular weight is 1050 g/mol. The molecule has 0 aliphatic heterocycles. The van der Waals surface area contributed by atoms with Gasteiger partial charge in [-0.25, -0.2) is 29.9 Å². The lowest BCUT2D eigenvalue weighted by atomic mass is 9.91. The first kappa shape index (κ1) is 51.4. The third-order valence-electron chi connectivity index (χ3n) is 13.4. The van der Waals surface area contributed by atoms with Crippen molar-refractivity contribution in [2.24, 2.45) is 5.73 Å². The summed E-state index contributed by atoms with van der Waals surface area (Å²) in [7, 11) is 0. The summed E-state index contributed by atoms with van der Waals surface area (Å²) in [5, 5.41) is 23.5. The molecule has 0 saturated heterocycles. The number of nitrogens with zero attached hydrogens (tertiary/aromatic N) is 6. The van der Waals surface area contributed by atoms with Crippen LogP contribution in [0.4, 0.5) is 0 Å². The van der Waals surface area contributed by atoms with Gasteiger partial charge in [0.25, 0.3) is 0 Å². The van der Waals surface area contributed by atoms with Crippen molar-refractivity contribution in [1.29, 1.82) is 0 Å². The number of hydrogen-bond donors (Lipinski definition) is 13. The molecule has 2 unspecified atom stereocenters. The third-order valence-corrected chi connectivity index (χ3v) is 13.4. The van der Waals surface area contributed by atoms with E-state index in [0.29, 0.717) is 34.2 Å². The Morgan fingerprint density at radius 2 is 0.731 bits per heavy atom. The van der Waals surface area contributed by atoms with E-state index in [0.717, 1.165) is 37.9 Å². The summed E-state index contributed by atoms with van der Waals surface area (Å²) in [5.74, 6) is -4.18. The number of imidazole rings is 6. The van der Waals surface area contributed by atoms with Gasteiger partial charge in [-0.2, -0.15) is 0 Å². The van der Waals surface area contributed by atoms with Crippen molar-refractivity contribution in [2.45, 2.75) is 81.3 Å². The summed E-state index contributed by atoms with van der Waals surface area (Å²) >= 11 is 0. The Balaban J connectivity index is 0.876. The standard InChI is InChI=1S/C53H55N19O6/c54-40(10-33-17-55-23-62-33)48(73)68-42(12-35-19-57-25-64-35)50(75)70-44(14-37-21-59-27-66-37)52(77)72-45(15-38-22-60-28-67-38)53(78)71-43(13-36-20-58-26-65-36)51(76)69-41(11-34-18-56-24-63-34)49(74)61-16-32-9-31-5-1-3-29-7-8-30-4-2-6-39(32)47(30)46(29)31/h1-9,17-28,40-45H,10-16,54H2,(H,55,62)(H,56,63)(H,57,64)(H,58,65)(H,59,66)(H,60,67)(H,61,74)(H,68,73)(H,69,76)(H,70,75)(H,71,78)(H,72,77)/t40-,41-,42?,43-,44-,45?/m0/s1. The fourth-order valence-electron chi connectivity index (χ4n) is 9.51. The first-order valence-electron chi connectivity index (χ1n) is 25.0. The molecule has 0 aliphatic carbocycles. The lowest BCUT2D eigenvalue weighted by molar-refractivity contribution is -0.135. The van der Waals surface area contributed by atoms with Crippen molar-refractivity contribution in [3.63, 3.8) is 0 Å². The van der Waals surface area contributed by atoms with Crippen LogP contribution < -0.4 is 37.6 Å². The number of carbonyl (C=O) groups is 6. The summed E-state index contributed by atoms with van der Waals surface area (Å²) in [4.78, 5) is 128. The fraction of sp³-hybridized carbons (Fsp3) is 0.245. The lowest BCUT2D eigenvalue weighted by Crippen LogP contribution is -2.61. The number of aromatic amines is 6. The van der Waals surface area contributed by atoms with Crippen LogP contribution in [0, 0.1) is 0 Å².